The van der Waals surface area contributed by atoms with Crippen LogP contribution < -0.4 is 26.6 Å². The first-order valence-corrected chi connectivity index (χ1v) is 12.5. The first-order chi connectivity index (χ1) is 18.4. The van der Waals surface area contributed by atoms with Crippen LogP contribution in [-0.2, 0) is 22.6 Å². The van der Waals surface area contributed by atoms with Crippen LogP contribution in [0.4, 0.5) is 5.69 Å². The van der Waals surface area contributed by atoms with E-state index in [9.17, 15) is 19.2 Å². The number of nitrogens with one attached hydrogen (secondary N) is 2. The van der Waals surface area contributed by atoms with Gasteiger partial charge in [-0.15, -0.1) is 0 Å². The second-order valence-corrected chi connectivity index (χ2v) is 8.70. The van der Waals surface area contributed by atoms with Crippen LogP contribution in [0, 0.1) is 0 Å². The number of carbonyl (C=O) groups excluding carboxylic acids is 2. The fourth-order valence-corrected chi connectivity index (χ4v) is 4.16. The summed E-state index contributed by atoms with van der Waals surface area (Å²) in [7, 11) is 0. The number of hydrogen-bond acceptors (Lipinski definition) is 5. The highest BCUT2D eigenvalue weighted by Crippen LogP contribution is 2.23. The summed E-state index contributed by atoms with van der Waals surface area (Å²) in [6, 6.07) is 20.4. The monoisotopic (exact) mass is 514 g/mol. The Balaban J connectivity index is 1.68. The van der Waals surface area contributed by atoms with Crippen LogP contribution in [0.3, 0.4) is 0 Å². The zero-order valence-corrected chi connectivity index (χ0v) is 21.4. The van der Waals surface area contributed by atoms with Gasteiger partial charge in [-0.2, -0.15) is 0 Å². The number of para-hydroxylation sites is 3. The number of nitrogens with zero attached hydrogens (tertiary/aromatic N) is 2. The largest absolute Gasteiger partial charge is 0.492 e. The van der Waals surface area contributed by atoms with Gasteiger partial charge < -0.3 is 15.4 Å². The Kier molecular flexibility index (Phi) is 8.37. The number of hydrogen-bond donors (Lipinski definition) is 2. The summed E-state index contributed by atoms with van der Waals surface area (Å²) in [6.07, 6.45) is 1.04. The average molecular weight is 515 g/mol. The zero-order valence-electron chi connectivity index (χ0n) is 21.4. The highest BCUT2D eigenvalue weighted by atomic mass is 16.5. The van der Waals surface area contributed by atoms with Gasteiger partial charge in [-0.25, -0.2) is 9.36 Å². The molecule has 0 radical (unpaired) electrons. The molecule has 0 aliphatic carbocycles. The molecule has 0 aliphatic heterocycles. The van der Waals surface area contributed by atoms with Crippen LogP contribution >= 0.6 is 0 Å². The number of amides is 2. The highest BCUT2D eigenvalue weighted by molar-refractivity contribution is 5.93. The number of fused-ring (bicyclic) bond motifs is 1. The van der Waals surface area contributed by atoms with Gasteiger partial charge in [-0.1, -0.05) is 43.3 Å². The third kappa shape index (κ3) is 5.83. The molecular formula is C29H30N4O5. The van der Waals surface area contributed by atoms with Crippen molar-refractivity contribution in [2.75, 3.05) is 18.5 Å². The molecule has 0 unspecified atom stereocenters. The summed E-state index contributed by atoms with van der Waals surface area (Å²) in [5.41, 5.74) is 0.816. The standard InChI is InChI=1S/C29H30N4O5/c1-3-17-30-26(34)18-20-13-15-21(16-14-20)33-28(36)22-9-5-7-11-24(22)32(29(33)37)19-27(35)31-23-10-6-8-12-25(23)38-4-2/h5-16H,3-4,17-19H2,1-2H3,(H,30,34)(H,31,35). The molecular weight excluding hydrogens is 484 g/mol. The van der Waals surface area contributed by atoms with E-state index in [4.69, 9.17) is 4.74 Å². The minimum Gasteiger partial charge on any atom is -0.492 e. The van der Waals surface area contributed by atoms with Crippen molar-refractivity contribution in [2.24, 2.45) is 0 Å². The van der Waals surface area contributed by atoms with Crippen molar-refractivity contribution in [3.8, 4) is 11.4 Å². The lowest BCUT2D eigenvalue weighted by molar-refractivity contribution is -0.120. The Morgan fingerprint density at radius 1 is 0.868 bits per heavy atom. The molecule has 2 N–H and O–H groups in total. The molecule has 0 saturated heterocycles. The molecule has 9 heteroatoms. The fourth-order valence-electron chi connectivity index (χ4n) is 4.16. The van der Waals surface area contributed by atoms with Crippen LogP contribution in [0.2, 0.25) is 0 Å². The van der Waals surface area contributed by atoms with E-state index in [1.165, 1.54) is 4.57 Å². The molecule has 0 saturated carbocycles. The van der Waals surface area contributed by atoms with Gasteiger partial charge in [0, 0.05) is 6.54 Å². The Morgan fingerprint density at radius 3 is 2.32 bits per heavy atom. The second-order valence-electron chi connectivity index (χ2n) is 8.70. The van der Waals surface area contributed by atoms with E-state index in [0.717, 1.165) is 16.6 Å². The molecule has 0 aliphatic rings. The minimum absolute atomic E-state index is 0.0956. The van der Waals surface area contributed by atoms with Gasteiger partial charge in [0.1, 0.15) is 12.3 Å². The Morgan fingerprint density at radius 2 is 1.58 bits per heavy atom. The molecule has 9 nitrogen and oxygen atoms in total. The van der Waals surface area contributed by atoms with Gasteiger partial charge >= 0.3 is 5.69 Å². The van der Waals surface area contributed by atoms with Gasteiger partial charge in [0.2, 0.25) is 11.8 Å². The molecule has 38 heavy (non-hydrogen) atoms. The van der Waals surface area contributed by atoms with Crippen molar-refractivity contribution in [3.05, 3.63) is 99.2 Å². The van der Waals surface area contributed by atoms with Crippen molar-refractivity contribution in [1.29, 1.82) is 0 Å². The quantitative estimate of drug-likeness (QED) is 0.338. The van der Waals surface area contributed by atoms with E-state index >= 15 is 0 Å². The topological polar surface area (TPSA) is 111 Å². The Labute approximate surface area is 219 Å². The van der Waals surface area contributed by atoms with Crippen molar-refractivity contribution < 1.29 is 14.3 Å². The van der Waals surface area contributed by atoms with Crippen molar-refractivity contribution >= 4 is 28.4 Å². The summed E-state index contributed by atoms with van der Waals surface area (Å²) in [5, 5.41) is 5.93. The summed E-state index contributed by atoms with van der Waals surface area (Å²) >= 11 is 0. The molecule has 0 atom stereocenters. The Bertz CT molecular complexity index is 1570. The number of rotatable bonds is 10. The third-order valence-electron chi connectivity index (χ3n) is 5.94. The molecule has 2 amide bonds. The van der Waals surface area contributed by atoms with E-state index < -0.39 is 17.2 Å². The molecule has 196 valence electrons. The maximum atomic E-state index is 13.6. The summed E-state index contributed by atoms with van der Waals surface area (Å²) in [6.45, 7) is 4.56. The van der Waals surface area contributed by atoms with Crippen LogP contribution in [0.15, 0.2) is 82.4 Å². The molecule has 4 rings (SSSR count). The number of ether oxygens (including phenoxy) is 1. The summed E-state index contributed by atoms with van der Waals surface area (Å²) < 4.78 is 7.90. The molecule has 4 aromatic rings. The zero-order chi connectivity index (χ0) is 27.1. The van der Waals surface area contributed by atoms with E-state index in [1.807, 2.05) is 13.8 Å². The maximum Gasteiger partial charge on any atom is 0.336 e. The Hall–Kier alpha value is -4.66. The number of carbonyl (C=O) groups is 2. The van der Waals surface area contributed by atoms with Gasteiger partial charge in [0.15, 0.2) is 0 Å². The lowest BCUT2D eigenvalue weighted by Crippen LogP contribution is -2.40. The number of benzene rings is 3. The SMILES string of the molecule is CCCNC(=O)Cc1ccc(-n2c(=O)c3ccccc3n(CC(=O)Nc3ccccc3OCC)c2=O)cc1. The molecule has 0 spiro atoms. The predicted molar refractivity (Wildman–Crippen MR) is 147 cm³/mol. The van der Waals surface area contributed by atoms with Gasteiger partial charge in [0.05, 0.1) is 35.3 Å². The van der Waals surface area contributed by atoms with Gasteiger partial charge in [-0.05, 0) is 55.3 Å². The average Bonchev–Trinajstić information content (AvgIpc) is 2.92. The number of anilines is 1. The lowest BCUT2D eigenvalue weighted by Gasteiger charge is -2.15. The molecule has 3 aromatic carbocycles. The lowest BCUT2D eigenvalue weighted by atomic mass is 10.1. The predicted octanol–water partition coefficient (Wildman–Crippen LogP) is 3.26. The molecule has 1 aromatic heterocycles. The number of aromatic nitrogens is 2. The van der Waals surface area contributed by atoms with Gasteiger partial charge in [0.25, 0.3) is 5.56 Å². The van der Waals surface area contributed by atoms with Crippen molar-refractivity contribution in [1.82, 2.24) is 14.5 Å². The molecule has 0 bridgehead atoms. The van der Waals surface area contributed by atoms with Crippen LogP contribution in [0.5, 0.6) is 5.75 Å². The summed E-state index contributed by atoms with van der Waals surface area (Å²) in [5.74, 6) is -0.0150. The first-order valence-electron chi connectivity index (χ1n) is 12.5. The van der Waals surface area contributed by atoms with Gasteiger partial charge in [-0.3, -0.25) is 19.0 Å². The normalized spacial score (nSPS) is 10.8. The van der Waals surface area contributed by atoms with Crippen LogP contribution in [0.25, 0.3) is 16.6 Å². The fraction of sp³-hybridized carbons (Fsp3) is 0.241. The third-order valence-corrected chi connectivity index (χ3v) is 5.94. The van der Waals surface area contributed by atoms with Crippen LogP contribution in [-0.4, -0.2) is 34.1 Å². The summed E-state index contributed by atoms with van der Waals surface area (Å²) in [4.78, 5) is 52.0. The maximum absolute atomic E-state index is 13.6. The van der Waals surface area contributed by atoms with Crippen molar-refractivity contribution in [2.45, 2.75) is 33.2 Å². The first kappa shape index (κ1) is 26.4. The molecule has 0 fully saturated rings. The van der Waals surface area contributed by atoms with E-state index in [0.29, 0.717) is 41.2 Å². The smallest absolute Gasteiger partial charge is 0.336 e. The second kappa shape index (κ2) is 12.1. The van der Waals surface area contributed by atoms with E-state index in [2.05, 4.69) is 10.6 Å². The van der Waals surface area contributed by atoms with E-state index in [-0.39, 0.29) is 18.9 Å². The molecule has 1 heterocycles. The minimum atomic E-state index is -0.643. The van der Waals surface area contributed by atoms with E-state index in [1.54, 1.807) is 72.8 Å². The highest BCUT2D eigenvalue weighted by Gasteiger charge is 2.17. The van der Waals surface area contributed by atoms with Crippen molar-refractivity contribution in [3.63, 3.8) is 0 Å². The van der Waals surface area contributed by atoms with Crippen LogP contribution in [0.1, 0.15) is 25.8 Å².